The zero-order valence-electron chi connectivity index (χ0n) is 29.2. The molecule has 0 aromatic heterocycles. The van der Waals surface area contributed by atoms with E-state index in [1.807, 2.05) is 0 Å². The fraction of sp³-hybridized carbons (Fsp3) is 0.115. The zero-order valence-corrected chi connectivity index (χ0v) is 29.2. The van der Waals surface area contributed by atoms with Gasteiger partial charge in [-0.1, -0.05) is 159 Å². The van der Waals surface area contributed by atoms with Gasteiger partial charge in [-0.2, -0.15) is 0 Å². The molecule has 0 heterocycles. The highest BCUT2D eigenvalue weighted by Gasteiger charge is 2.44. The van der Waals surface area contributed by atoms with Gasteiger partial charge in [0.2, 0.25) is 0 Å². The van der Waals surface area contributed by atoms with Crippen molar-refractivity contribution in [2.24, 2.45) is 0 Å². The number of hydrogen-bond acceptors (Lipinski definition) is 0. The Labute approximate surface area is 305 Å². The summed E-state index contributed by atoms with van der Waals surface area (Å²) in [7, 11) is 0. The second kappa shape index (κ2) is 11.5. The van der Waals surface area contributed by atoms with E-state index in [1.165, 1.54) is 131 Å². The lowest BCUT2D eigenvalue weighted by molar-refractivity contribution is 0.353. The van der Waals surface area contributed by atoms with E-state index in [2.05, 4.69) is 170 Å². The Morgan fingerprint density at radius 3 is 1.44 bits per heavy atom. The van der Waals surface area contributed by atoms with Crippen LogP contribution in [0.3, 0.4) is 0 Å². The van der Waals surface area contributed by atoms with E-state index in [-0.39, 0.29) is 5.41 Å². The highest BCUT2D eigenvalue weighted by atomic mass is 14.5. The fourth-order valence-electron chi connectivity index (χ4n) is 9.91. The average molecular weight is 663 g/mol. The van der Waals surface area contributed by atoms with Crippen molar-refractivity contribution in [1.82, 2.24) is 0 Å². The Morgan fingerprint density at radius 2 is 0.808 bits per heavy atom. The molecule has 1 saturated carbocycles. The lowest BCUT2D eigenvalue weighted by Crippen LogP contribution is -2.28. The number of fused-ring (bicyclic) bond motifs is 5. The first-order chi connectivity index (χ1) is 25.7. The molecule has 0 bridgehead atoms. The first-order valence-corrected chi connectivity index (χ1v) is 19.0. The maximum atomic E-state index is 2.58. The summed E-state index contributed by atoms with van der Waals surface area (Å²) in [4.78, 5) is 0. The predicted octanol–water partition coefficient (Wildman–Crippen LogP) is 14.5. The summed E-state index contributed by atoms with van der Waals surface area (Å²) in [5, 5.41) is 8.08. The Balaban J connectivity index is 1.07. The molecule has 2 aliphatic rings. The summed E-state index contributed by atoms with van der Waals surface area (Å²) in [5.41, 5.74) is 16.2. The van der Waals surface area contributed by atoms with E-state index in [9.17, 15) is 0 Å². The van der Waals surface area contributed by atoms with Gasteiger partial charge in [-0.05, 0) is 142 Å². The van der Waals surface area contributed by atoms with E-state index in [4.69, 9.17) is 0 Å². The third kappa shape index (κ3) is 4.47. The number of rotatable bonds is 4. The summed E-state index contributed by atoms with van der Waals surface area (Å²) >= 11 is 0. The quantitative estimate of drug-likeness (QED) is 0.165. The van der Waals surface area contributed by atoms with Crippen LogP contribution in [0.2, 0.25) is 0 Å². The predicted molar refractivity (Wildman–Crippen MR) is 221 cm³/mol. The first kappa shape index (κ1) is 29.7. The second-order valence-electron chi connectivity index (χ2n) is 15.2. The molecule has 0 aliphatic heterocycles. The number of hydrogen-bond donors (Lipinski definition) is 0. The van der Waals surface area contributed by atoms with Crippen molar-refractivity contribution in [3.05, 3.63) is 181 Å². The molecule has 0 atom stereocenters. The maximum absolute atomic E-state index is 2.58. The average Bonchev–Trinajstić information content (AvgIpc) is 3.47. The van der Waals surface area contributed by atoms with Gasteiger partial charge in [0.25, 0.3) is 0 Å². The van der Waals surface area contributed by atoms with Gasteiger partial charge in [-0.15, -0.1) is 0 Å². The molecule has 0 amide bonds. The zero-order chi connectivity index (χ0) is 34.2. The van der Waals surface area contributed by atoms with Gasteiger partial charge in [0.15, 0.2) is 0 Å². The molecular formula is C52H38. The molecule has 11 rings (SSSR count). The Kier molecular flexibility index (Phi) is 6.58. The van der Waals surface area contributed by atoms with Crippen molar-refractivity contribution in [2.45, 2.75) is 37.5 Å². The van der Waals surface area contributed by atoms with Gasteiger partial charge in [0.05, 0.1) is 0 Å². The third-order valence-corrected chi connectivity index (χ3v) is 12.4. The van der Waals surface area contributed by atoms with Crippen LogP contribution >= 0.6 is 0 Å². The molecular weight excluding hydrogens is 625 g/mol. The van der Waals surface area contributed by atoms with Crippen molar-refractivity contribution in [3.63, 3.8) is 0 Å². The van der Waals surface area contributed by atoms with Gasteiger partial charge in [0.1, 0.15) is 0 Å². The topological polar surface area (TPSA) is 0 Å². The van der Waals surface area contributed by atoms with Crippen molar-refractivity contribution in [1.29, 1.82) is 0 Å². The normalized spacial score (nSPS) is 14.7. The SMILES string of the molecule is c1ccc(-c2cc(-c3ccccc3)cc(-c3ccc4c(c3)C3(CCCCC3)c3cc(-c5ccc6ccc7cccc8ccc5c6c78)ccc3-4)c2)cc1. The Bertz CT molecular complexity index is 2720. The molecule has 0 heteroatoms. The molecule has 0 unspecified atom stereocenters. The summed E-state index contributed by atoms with van der Waals surface area (Å²) in [6.07, 6.45) is 6.28. The van der Waals surface area contributed by atoms with Crippen molar-refractivity contribution in [3.8, 4) is 55.6 Å². The molecule has 246 valence electrons. The summed E-state index contributed by atoms with van der Waals surface area (Å²) < 4.78 is 0. The Hall–Kier alpha value is -5.98. The highest BCUT2D eigenvalue weighted by molar-refractivity contribution is 6.25. The van der Waals surface area contributed by atoms with Crippen LogP contribution in [-0.4, -0.2) is 0 Å². The van der Waals surface area contributed by atoms with Crippen LogP contribution in [0.4, 0.5) is 0 Å². The highest BCUT2D eigenvalue weighted by Crippen LogP contribution is 2.57. The molecule has 1 fully saturated rings. The van der Waals surface area contributed by atoms with Gasteiger partial charge in [-0.3, -0.25) is 0 Å². The molecule has 9 aromatic carbocycles. The molecule has 0 radical (unpaired) electrons. The largest absolute Gasteiger partial charge is 0.0622 e. The summed E-state index contributed by atoms with van der Waals surface area (Å²) in [6.45, 7) is 0. The van der Waals surface area contributed by atoms with Crippen LogP contribution in [0.25, 0.3) is 88.0 Å². The lowest BCUT2D eigenvalue weighted by Gasteiger charge is -2.36. The van der Waals surface area contributed by atoms with Crippen LogP contribution in [0.5, 0.6) is 0 Å². The van der Waals surface area contributed by atoms with Crippen LogP contribution in [0.15, 0.2) is 170 Å². The van der Waals surface area contributed by atoms with E-state index >= 15 is 0 Å². The van der Waals surface area contributed by atoms with Crippen LogP contribution in [0, 0.1) is 0 Å². The maximum Gasteiger partial charge on any atom is 0.0215 e. The fourth-order valence-corrected chi connectivity index (χ4v) is 9.91. The second-order valence-corrected chi connectivity index (χ2v) is 15.2. The van der Waals surface area contributed by atoms with Crippen LogP contribution in [0.1, 0.15) is 43.2 Å². The molecule has 0 nitrogen and oxygen atoms in total. The first-order valence-electron chi connectivity index (χ1n) is 19.0. The molecule has 0 N–H and O–H groups in total. The standard InChI is InChI=1S/C52H38/c1-4-11-34(12-5-1)41-29-42(35-13-6-2-7-14-35)31-43(30-41)39-21-24-45-46-25-22-40(33-49(46)52(48(45)32-39)27-8-3-9-28-52)44-23-19-38-18-17-36-15-10-16-37-20-26-47(44)51(38)50(36)37/h1-2,4-7,10-26,29-33H,3,8-9,27-28H2. The molecule has 9 aromatic rings. The minimum absolute atomic E-state index is 0.0397. The van der Waals surface area contributed by atoms with Crippen molar-refractivity contribution in [2.75, 3.05) is 0 Å². The van der Waals surface area contributed by atoms with Crippen LogP contribution in [-0.2, 0) is 5.41 Å². The summed E-state index contributed by atoms with van der Waals surface area (Å²) in [5.74, 6) is 0. The van der Waals surface area contributed by atoms with Gasteiger partial charge >= 0.3 is 0 Å². The van der Waals surface area contributed by atoms with Gasteiger partial charge < -0.3 is 0 Å². The van der Waals surface area contributed by atoms with Crippen molar-refractivity contribution < 1.29 is 0 Å². The van der Waals surface area contributed by atoms with Crippen LogP contribution < -0.4 is 0 Å². The minimum atomic E-state index is 0.0397. The molecule has 0 saturated heterocycles. The molecule has 2 aliphatic carbocycles. The Morgan fingerprint density at radius 1 is 0.308 bits per heavy atom. The van der Waals surface area contributed by atoms with Crippen molar-refractivity contribution >= 4 is 32.3 Å². The molecule has 1 spiro atoms. The molecule has 52 heavy (non-hydrogen) atoms. The van der Waals surface area contributed by atoms with Gasteiger partial charge in [-0.25, -0.2) is 0 Å². The van der Waals surface area contributed by atoms with E-state index in [0.29, 0.717) is 0 Å². The monoisotopic (exact) mass is 662 g/mol. The van der Waals surface area contributed by atoms with E-state index < -0.39 is 0 Å². The third-order valence-electron chi connectivity index (χ3n) is 12.4. The minimum Gasteiger partial charge on any atom is -0.0622 e. The van der Waals surface area contributed by atoms with Gasteiger partial charge in [0, 0.05) is 5.41 Å². The summed E-state index contributed by atoms with van der Waals surface area (Å²) in [6, 6.07) is 64.2. The van der Waals surface area contributed by atoms with E-state index in [1.54, 1.807) is 0 Å². The van der Waals surface area contributed by atoms with E-state index in [0.717, 1.165) is 0 Å². The smallest absolute Gasteiger partial charge is 0.0215 e. The lowest BCUT2D eigenvalue weighted by atomic mass is 9.67. The number of benzene rings is 9.